The Kier molecular flexibility index (Phi) is 9.73. The second-order valence-corrected chi connectivity index (χ2v) is 9.03. The van der Waals surface area contributed by atoms with Gasteiger partial charge in [0.15, 0.2) is 0 Å². The van der Waals surface area contributed by atoms with Gasteiger partial charge >= 0.3 is 0 Å². The molecule has 0 radical (unpaired) electrons. The third kappa shape index (κ3) is 7.04. The summed E-state index contributed by atoms with van der Waals surface area (Å²) in [6.07, 6.45) is 16.9. The number of allylic oxidation sites excluding steroid dienone is 2. The molecule has 5 atom stereocenters. The summed E-state index contributed by atoms with van der Waals surface area (Å²) in [5, 5.41) is 20.6. The summed E-state index contributed by atoms with van der Waals surface area (Å²) < 4.78 is 0. The van der Waals surface area contributed by atoms with Crippen LogP contribution in [0, 0.1) is 17.8 Å². The molecule has 2 N–H and O–H groups in total. The monoisotopic (exact) mass is 391 g/mol. The van der Waals surface area contributed by atoms with Crippen molar-refractivity contribution in [1.29, 1.82) is 0 Å². The summed E-state index contributed by atoms with van der Waals surface area (Å²) in [5.74, 6) is 1.39. The van der Waals surface area contributed by atoms with Crippen LogP contribution in [-0.2, 0) is 4.79 Å². The normalized spacial score (nSPS) is 27.8. The van der Waals surface area contributed by atoms with E-state index in [4.69, 9.17) is 0 Å². The molecule has 1 amide bonds. The molecule has 4 heteroatoms. The number of carbonyl (C=O) groups excluding carboxylic acids is 1. The maximum atomic E-state index is 11.6. The lowest BCUT2D eigenvalue weighted by Crippen LogP contribution is -2.20. The molecule has 0 aromatic carbocycles. The quantitative estimate of drug-likeness (QED) is 0.381. The lowest BCUT2D eigenvalue weighted by Gasteiger charge is -2.19. The third-order valence-electron chi connectivity index (χ3n) is 6.50. The van der Waals surface area contributed by atoms with Crippen molar-refractivity contribution in [2.24, 2.45) is 17.8 Å². The van der Waals surface area contributed by atoms with Gasteiger partial charge in [-0.2, -0.15) is 0 Å². The van der Waals surface area contributed by atoms with E-state index in [9.17, 15) is 15.0 Å². The Bertz CT molecular complexity index is 540. The van der Waals surface area contributed by atoms with E-state index >= 15 is 0 Å². The van der Waals surface area contributed by atoms with Gasteiger partial charge in [0.1, 0.15) is 0 Å². The lowest BCUT2D eigenvalue weighted by atomic mass is 9.88. The Balaban J connectivity index is 1.72. The average Bonchev–Trinajstić information content (AvgIpc) is 3.16. The molecule has 0 aromatic heterocycles. The number of unbranched alkanes of at least 4 members (excludes halogenated alkanes) is 4. The second-order valence-electron chi connectivity index (χ2n) is 9.03. The molecule has 2 aliphatic carbocycles. The highest BCUT2D eigenvalue weighted by Crippen LogP contribution is 2.48. The zero-order chi connectivity index (χ0) is 20.5. The number of amides is 1. The predicted octanol–water partition coefficient (Wildman–Crippen LogP) is 4.47. The molecule has 0 bridgehead atoms. The van der Waals surface area contributed by atoms with Gasteiger partial charge in [0.2, 0.25) is 5.91 Å². The Morgan fingerprint density at radius 1 is 1.25 bits per heavy atom. The fourth-order valence-electron chi connectivity index (χ4n) is 4.78. The van der Waals surface area contributed by atoms with E-state index in [0.717, 1.165) is 57.8 Å². The van der Waals surface area contributed by atoms with Crippen molar-refractivity contribution in [2.45, 2.75) is 89.8 Å². The van der Waals surface area contributed by atoms with E-state index in [1.807, 2.05) is 20.2 Å². The van der Waals surface area contributed by atoms with E-state index in [1.165, 1.54) is 12.0 Å². The highest BCUT2D eigenvalue weighted by atomic mass is 16.3. The maximum Gasteiger partial charge on any atom is 0.222 e. The molecule has 2 aliphatic rings. The Morgan fingerprint density at radius 3 is 2.75 bits per heavy atom. The number of aliphatic hydroxyl groups is 2. The molecule has 0 aliphatic heterocycles. The van der Waals surface area contributed by atoms with Crippen molar-refractivity contribution >= 4 is 5.91 Å². The molecule has 0 spiro atoms. The van der Waals surface area contributed by atoms with Crippen molar-refractivity contribution in [3.8, 4) is 0 Å². The molecule has 2 rings (SSSR count). The number of aliphatic hydroxyl groups excluding tert-OH is 2. The molecule has 1 saturated carbocycles. The van der Waals surface area contributed by atoms with Gasteiger partial charge in [-0.15, -0.1) is 0 Å². The van der Waals surface area contributed by atoms with Crippen LogP contribution in [0.5, 0.6) is 0 Å². The number of fused-ring (bicyclic) bond motifs is 1. The zero-order valence-electron chi connectivity index (χ0n) is 18.1. The minimum absolute atomic E-state index is 0.178. The van der Waals surface area contributed by atoms with Gasteiger partial charge in [-0.25, -0.2) is 0 Å². The van der Waals surface area contributed by atoms with Gasteiger partial charge < -0.3 is 15.1 Å². The Hall–Kier alpha value is -1.13. The van der Waals surface area contributed by atoms with E-state index in [0.29, 0.717) is 18.3 Å². The Labute approximate surface area is 171 Å². The molecule has 1 fully saturated rings. The van der Waals surface area contributed by atoms with Gasteiger partial charge in [-0.1, -0.05) is 56.4 Å². The van der Waals surface area contributed by atoms with Crippen LogP contribution in [0.2, 0.25) is 0 Å². The van der Waals surface area contributed by atoms with Gasteiger partial charge in [-0.3, -0.25) is 4.79 Å². The maximum absolute atomic E-state index is 11.6. The van der Waals surface area contributed by atoms with Gasteiger partial charge in [0, 0.05) is 26.4 Å². The van der Waals surface area contributed by atoms with Gasteiger partial charge in [-0.05, 0) is 50.4 Å². The van der Waals surface area contributed by atoms with E-state index in [-0.39, 0.29) is 24.0 Å². The summed E-state index contributed by atoms with van der Waals surface area (Å²) >= 11 is 0. The first-order valence-electron chi connectivity index (χ1n) is 11.4. The number of rotatable bonds is 12. The highest BCUT2D eigenvalue weighted by molar-refractivity contribution is 5.75. The summed E-state index contributed by atoms with van der Waals surface area (Å²) in [4.78, 5) is 13.3. The minimum Gasteiger partial charge on any atom is -0.392 e. The number of carbonyl (C=O) groups is 1. The minimum atomic E-state index is -0.378. The van der Waals surface area contributed by atoms with Gasteiger partial charge in [0.05, 0.1) is 12.2 Å². The van der Waals surface area contributed by atoms with Crippen LogP contribution >= 0.6 is 0 Å². The number of hydrogen-bond donors (Lipinski definition) is 2. The highest BCUT2D eigenvalue weighted by Gasteiger charge is 2.43. The molecule has 28 heavy (non-hydrogen) atoms. The molecular weight excluding hydrogens is 350 g/mol. The topological polar surface area (TPSA) is 60.8 Å². The third-order valence-corrected chi connectivity index (χ3v) is 6.50. The van der Waals surface area contributed by atoms with Crippen LogP contribution in [0.15, 0.2) is 23.8 Å². The second kappa shape index (κ2) is 11.8. The first-order valence-corrected chi connectivity index (χ1v) is 11.4. The van der Waals surface area contributed by atoms with Crippen LogP contribution in [0.25, 0.3) is 0 Å². The van der Waals surface area contributed by atoms with Crippen LogP contribution in [-0.4, -0.2) is 47.3 Å². The molecule has 0 aromatic rings. The smallest absolute Gasteiger partial charge is 0.222 e. The molecule has 0 saturated heterocycles. The van der Waals surface area contributed by atoms with Crippen LogP contribution in [0.3, 0.4) is 0 Å². The molecular formula is C24H41NO3. The lowest BCUT2D eigenvalue weighted by molar-refractivity contribution is -0.128. The fraction of sp³-hybridized carbons (Fsp3) is 0.792. The standard InChI is InChI=1S/C24H41NO3/c1-4-5-7-11-20(26)13-14-21-22-16-18(15-19(22)17-23(21)27)10-8-6-9-12-24(28)25(2)3/h13-15,19-23,26-27H,4-12,16-17H2,1-3H3/t19-,20-,21+,22-,23+/m0/s1. The summed E-state index contributed by atoms with van der Waals surface area (Å²) in [6.45, 7) is 2.17. The first-order chi connectivity index (χ1) is 13.4. The van der Waals surface area contributed by atoms with Crippen LogP contribution in [0.4, 0.5) is 0 Å². The van der Waals surface area contributed by atoms with Crippen molar-refractivity contribution in [3.05, 3.63) is 23.8 Å². The summed E-state index contributed by atoms with van der Waals surface area (Å²) in [5.41, 5.74) is 1.53. The summed E-state index contributed by atoms with van der Waals surface area (Å²) in [6, 6.07) is 0. The van der Waals surface area contributed by atoms with Crippen LogP contribution < -0.4 is 0 Å². The van der Waals surface area contributed by atoms with E-state index in [2.05, 4.69) is 19.1 Å². The van der Waals surface area contributed by atoms with Crippen molar-refractivity contribution in [1.82, 2.24) is 4.90 Å². The summed E-state index contributed by atoms with van der Waals surface area (Å²) in [7, 11) is 3.63. The molecule has 0 heterocycles. The molecule has 4 nitrogen and oxygen atoms in total. The molecule has 160 valence electrons. The number of nitrogens with zero attached hydrogens (tertiary/aromatic N) is 1. The van der Waals surface area contributed by atoms with Crippen molar-refractivity contribution in [2.75, 3.05) is 14.1 Å². The Morgan fingerprint density at radius 2 is 2.04 bits per heavy atom. The van der Waals surface area contributed by atoms with Crippen molar-refractivity contribution in [3.63, 3.8) is 0 Å². The van der Waals surface area contributed by atoms with Crippen molar-refractivity contribution < 1.29 is 15.0 Å². The van der Waals surface area contributed by atoms with E-state index < -0.39 is 0 Å². The van der Waals surface area contributed by atoms with Gasteiger partial charge in [0.25, 0.3) is 0 Å². The predicted molar refractivity (Wildman–Crippen MR) is 115 cm³/mol. The molecule has 0 unspecified atom stereocenters. The first kappa shape index (κ1) is 23.2. The SMILES string of the molecule is CCCCC[C@H](O)C=C[C@@H]1[C@H]2CC(CCCCCC(=O)N(C)C)=C[C@H]2C[C@H]1O. The van der Waals surface area contributed by atoms with Crippen LogP contribution in [0.1, 0.15) is 77.6 Å². The fourth-order valence-corrected chi connectivity index (χ4v) is 4.78. The average molecular weight is 392 g/mol. The number of hydrogen-bond acceptors (Lipinski definition) is 3. The largest absolute Gasteiger partial charge is 0.392 e. The zero-order valence-corrected chi connectivity index (χ0v) is 18.1. The van der Waals surface area contributed by atoms with E-state index in [1.54, 1.807) is 4.90 Å².